The summed E-state index contributed by atoms with van der Waals surface area (Å²) in [6, 6.07) is 6.35. The maximum Gasteiger partial charge on any atom is 0.251 e. The van der Waals surface area contributed by atoms with E-state index < -0.39 is 0 Å². The third-order valence-electron chi connectivity index (χ3n) is 4.84. The van der Waals surface area contributed by atoms with Crippen molar-refractivity contribution in [3.05, 3.63) is 34.9 Å². The van der Waals surface area contributed by atoms with Crippen LogP contribution in [0, 0.1) is 0 Å². The van der Waals surface area contributed by atoms with Gasteiger partial charge in [-0.3, -0.25) is 4.79 Å². The molecule has 1 saturated heterocycles. The Morgan fingerprint density at radius 1 is 1.04 bits per heavy atom. The van der Waals surface area contributed by atoms with Crippen molar-refractivity contribution in [3.63, 3.8) is 0 Å². The number of hydrogen-bond donors (Lipinski definition) is 1. The quantitative estimate of drug-likeness (QED) is 0.740. The minimum atomic E-state index is 0.0230. The van der Waals surface area contributed by atoms with Gasteiger partial charge in [-0.15, -0.1) is 0 Å². The summed E-state index contributed by atoms with van der Waals surface area (Å²) in [7, 11) is 0. The first-order valence-electron chi connectivity index (χ1n) is 9.71. The highest BCUT2D eigenvalue weighted by Crippen LogP contribution is 2.30. The molecule has 1 aliphatic rings. The standard InChI is InChI=1S/C22H35NO2S/c1-21(2,3)17-13-16(14-18(15-17)22(4,5)6)20(24)23-9-12-26-19-7-10-25-11-8-19/h13-15,19H,7-12H2,1-6H3,(H,23,24). The summed E-state index contributed by atoms with van der Waals surface area (Å²) in [5.74, 6) is 0.996. The number of nitrogens with one attached hydrogen (secondary N) is 1. The summed E-state index contributed by atoms with van der Waals surface area (Å²) in [6.45, 7) is 15.6. The van der Waals surface area contributed by atoms with E-state index >= 15 is 0 Å². The molecular formula is C22H35NO2S. The Kier molecular flexibility index (Phi) is 7.20. The highest BCUT2D eigenvalue weighted by Gasteiger charge is 2.22. The van der Waals surface area contributed by atoms with Gasteiger partial charge in [-0.2, -0.15) is 11.8 Å². The summed E-state index contributed by atoms with van der Waals surface area (Å²) in [6.07, 6.45) is 2.25. The molecule has 1 aromatic carbocycles. The summed E-state index contributed by atoms with van der Waals surface area (Å²) >= 11 is 1.95. The Morgan fingerprint density at radius 3 is 2.08 bits per heavy atom. The summed E-state index contributed by atoms with van der Waals surface area (Å²) in [5.41, 5.74) is 3.25. The molecule has 0 unspecified atom stereocenters. The fourth-order valence-electron chi connectivity index (χ4n) is 2.96. The number of hydrogen-bond acceptors (Lipinski definition) is 3. The first-order chi connectivity index (χ1) is 12.1. The van der Waals surface area contributed by atoms with Crippen LogP contribution in [0.5, 0.6) is 0 Å². The van der Waals surface area contributed by atoms with Gasteiger partial charge in [0, 0.05) is 36.3 Å². The van der Waals surface area contributed by atoms with Crippen LogP contribution in [0.25, 0.3) is 0 Å². The molecule has 3 nitrogen and oxygen atoms in total. The molecule has 1 fully saturated rings. The van der Waals surface area contributed by atoms with Crippen molar-refractivity contribution >= 4 is 17.7 Å². The predicted octanol–water partition coefficient (Wildman–Crippen LogP) is 4.92. The van der Waals surface area contributed by atoms with Gasteiger partial charge in [-0.25, -0.2) is 0 Å². The molecule has 2 rings (SSSR count). The van der Waals surface area contributed by atoms with Crippen LogP contribution in [0.3, 0.4) is 0 Å². The third-order valence-corrected chi connectivity index (χ3v) is 6.22. The van der Waals surface area contributed by atoms with Gasteiger partial charge in [0.25, 0.3) is 5.91 Å². The van der Waals surface area contributed by atoms with E-state index in [9.17, 15) is 4.79 Å². The smallest absolute Gasteiger partial charge is 0.251 e. The Morgan fingerprint density at radius 2 is 1.58 bits per heavy atom. The molecule has 0 atom stereocenters. The Balaban J connectivity index is 2.00. The summed E-state index contributed by atoms with van der Waals surface area (Å²) in [4.78, 5) is 12.7. The molecule has 0 saturated carbocycles. The Hall–Kier alpha value is -1.00. The normalized spacial score (nSPS) is 16.5. The van der Waals surface area contributed by atoms with Crippen LogP contribution in [-0.4, -0.2) is 36.7 Å². The van der Waals surface area contributed by atoms with Crippen LogP contribution >= 0.6 is 11.8 Å². The van der Waals surface area contributed by atoms with E-state index in [2.05, 4.69) is 65.1 Å². The average Bonchev–Trinajstić information content (AvgIpc) is 2.57. The number of benzene rings is 1. The number of rotatable bonds is 5. The lowest BCUT2D eigenvalue weighted by atomic mass is 9.79. The molecule has 0 bridgehead atoms. The van der Waals surface area contributed by atoms with Crippen molar-refractivity contribution in [2.45, 2.75) is 70.5 Å². The molecule has 26 heavy (non-hydrogen) atoms. The zero-order valence-electron chi connectivity index (χ0n) is 17.3. The van der Waals surface area contributed by atoms with Gasteiger partial charge in [0.05, 0.1) is 0 Å². The molecule has 146 valence electrons. The van der Waals surface area contributed by atoms with Crippen LogP contribution in [0.2, 0.25) is 0 Å². The molecule has 1 aliphatic heterocycles. The maximum absolute atomic E-state index is 12.7. The van der Waals surface area contributed by atoms with E-state index in [-0.39, 0.29) is 16.7 Å². The van der Waals surface area contributed by atoms with Crippen LogP contribution in [-0.2, 0) is 15.6 Å². The summed E-state index contributed by atoms with van der Waals surface area (Å²) < 4.78 is 5.40. The number of amides is 1. The van der Waals surface area contributed by atoms with Crippen molar-refractivity contribution < 1.29 is 9.53 Å². The van der Waals surface area contributed by atoms with Crippen LogP contribution < -0.4 is 5.32 Å². The van der Waals surface area contributed by atoms with Crippen molar-refractivity contribution in [3.8, 4) is 0 Å². The fourth-order valence-corrected chi connectivity index (χ4v) is 4.04. The molecule has 1 aromatic rings. The van der Waals surface area contributed by atoms with E-state index in [4.69, 9.17) is 4.74 Å². The van der Waals surface area contributed by atoms with E-state index in [1.54, 1.807) is 0 Å². The van der Waals surface area contributed by atoms with Crippen LogP contribution in [0.4, 0.5) is 0 Å². The van der Waals surface area contributed by atoms with Crippen LogP contribution in [0.15, 0.2) is 18.2 Å². The largest absolute Gasteiger partial charge is 0.381 e. The SMILES string of the molecule is CC(C)(C)c1cc(C(=O)NCCSC2CCOCC2)cc(C(C)(C)C)c1. The molecule has 0 aliphatic carbocycles. The lowest BCUT2D eigenvalue weighted by Gasteiger charge is -2.26. The van der Waals surface area contributed by atoms with Gasteiger partial charge >= 0.3 is 0 Å². The molecule has 0 spiro atoms. The van der Waals surface area contributed by atoms with Crippen molar-refractivity contribution in [2.24, 2.45) is 0 Å². The minimum absolute atomic E-state index is 0.0230. The lowest BCUT2D eigenvalue weighted by Crippen LogP contribution is -2.28. The summed E-state index contributed by atoms with van der Waals surface area (Å²) in [5, 5.41) is 3.78. The first-order valence-corrected chi connectivity index (χ1v) is 10.8. The highest BCUT2D eigenvalue weighted by molar-refractivity contribution is 7.99. The minimum Gasteiger partial charge on any atom is -0.381 e. The predicted molar refractivity (Wildman–Crippen MR) is 112 cm³/mol. The zero-order chi connectivity index (χ0) is 19.4. The highest BCUT2D eigenvalue weighted by atomic mass is 32.2. The van der Waals surface area contributed by atoms with E-state index in [0.717, 1.165) is 37.4 Å². The van der Waals surface area contributed by atoms with E-state index in [0.29, 0.717) is 11.8 Å². The molecular weight excluding hydrogens is 342 g/mol. The third kappa shape index (κ3) is 6.31. The molecule has 4 heteroatoms. The number of carbonyl (C=O) groups excluding carboxylic acids is 1. The monoisotopic (exact) mass is 377 g/mol. The van der Waals surface area contributed by atoms with Gasteiger partial charge < -0.3 is 10.1 Å². The van der Waals surface area contributed by atoms with Crippen molar-refractivity contribution in [1.82, 2.24) is 5.32 Å². The van der Waals surface area contributed by atoms with Gasteiger partial charge in [0.2, 0.25) is 0 Å². The van der Waals surface area contributed by atoms with Gasteiger partial charge in [-0.1, -0.05) is 47.6 Å². The fraction of sp³-hybridized carbons (Fsp3) is 0.682. The molecule has 1 heterocycles. The molecule has 0 aromatic heterocycles. The van der Waals surface area contributed by atoms with Crippen LogP contribution in [0.1, 0.15) is 75.9 Å². The van der Waals surface area contributed by atoms with Gasteiger partial charge in [0.1, 0.15) is 0 Å². The second-order valence-corrected chi connectivity index (χ2v) is 10.6. The Bertz CT molecular complexity index is 575. The average molecular weight is 378 g/mol. The van der Waals surface area contributed by atoms with Gasteiger partial charge in [-0.05, 0) is 46.9 Å². The number of ether oxygens (including phenoxy) is 1. The molecule has 1 N–H and O–H groups in total. The second kappa shape index (κ2) is 8.79. The van der Waals surface area contributed by atoms with E-state index in [1.165, 1.54) is 11.1 Å². The first kappa shape index (κ1) is 21.3. The molecule has 1 amide bonds. The maximum atomic E-state index is 12.7. The van der Waals surface area contributed by atoms with Gasteiger partial charge in [0.15, 0.2) is 0 Å². The Labute approximate surface area is 163 Å². The zero-order valence-corrected chi connectivity index (χ0v) is 18.1. The molecule has 0 radical (unpaired) electrons. The second-order valence-electron chi connectivity index (χ2n) is 9.24. The van der Waals surface area contributed by atoms with E-state index in [1.807, 2.05) is 11.8 Å². The number of carbonyl (C=O) groups is 1. The lowest BCUT2D eigenvalue weighted by molar-refractivity contribution is 0.0954. The topological polar surface area (TPSA) is 38.3 Å². The van der Waals surface area contributed by atoms with Crippen molar-refractivity contribution in [2.75, 3.05) is 25.5 Å². The number of thioether (sulfide) groups is 1. The van der Waals surface area contributed by atoms with Crippen molar-refractivity contribution in [1.29, 1.82) is 0 Å².